The van der Waals surface area contributed by atoms with E-state index in [0.29, 0.717) is 13.2 Å². The number of thiazole rings is 1. The first-order valence-corrected chi connectivity index (χ1v) is 8.12. The molecule has 0 saturated heterocycles. The van der Waals surface area contributed by atoms with Gasteiger partial charge >= 0.3 is 0 Å². The monoisotopic (exact) mass is 332 g/mol. The lowest BCUT2D eigenvalue weighted by atomic mass is 10.2. The first-order chi connectivity index (χ1) is 11.1. The van der Waals surface area contributed by atoms with Gasteiger partial charge in [-0.25, -0.2) is 4.98 Å². The van der Waals surface area contributed by atoms with E-state index in [4.69, 9.17) is 4.74 Å². The van der Waals surface area contributed by atoms with Gasteiger partial charge in [-0.2, -0.15) is 5.10 Å². The van der Waals surface area contributed by atoms with Gasteiger partial charge in [0.05, 0.1) is 28.9 Å². The van der Waals surface area contributed by atoms with Crippen LogP contribution in [-0.4, -0.2) is 26.3 Å². The van der Waals surface area contributed by atoms with Crippen LogP contribution in [0.5, 0.6) is 0 Å². The summed E-state index contributed by atoms with van der Waals surface area (Å²) < 4.78 is 7.27. The third-order valence-corrected chi connectivity index (χ3v) is 4.54. The summed E-state index contributed by atoms with van der Waals surface area (Å²) in [5, 5.41) is 19.0. The van der Waals surface area contributed by atoms with Crippen LogP contribution >= 0.6 is 11.3 Å². The first kappa shape index (κ1) is 15.6. The lowest BCUT2D eigenvalue weighted by Gasteiger charge is -2.07. The number of aromatic nitrogens is 3. The summed E-state index contributed by atoms with van der Waals surface area (Å²) in [4.78, 5) is 15.1. The van der Waals surface area contributed by atoms with Crippen LogP contribution in [0.2, 0.25) is 0 Å². The molecule has 23 heavy (non-hydrogen) atoms. The highest BCUT2D eigenvalue weighted by Gasteiger charge is 2.13. The maximum Gasteiger partial charge on any atom is 0.271 e. The van der Waals surface area contributed by atoms with Crippen LogP contribution in [0.25, 0.3) is 10.9 Å². The average Bonchev–Trinajstić information content (AvgIpc) is 3.15. The van der Waals surface area contributed by atoms with Gasteiger partial charge in [-0.3, -0.25) is 14.8 Å². The van der Waals surface area contributed by atoms with Crippen molar-refractivity contribution in [2.45, 2.75) is 26.5 Å². The molecule has 3 rings (SSSR count). The normalized spacial score (nSPS) is 12.6. The Kier molecular flexibility index (Phi) is 4.35. The molecule has 1 atom stereocenters. The number of benzene rings is 1. The molecule has 2 aromatic heterocycles. The Morgan fingerprint density at radius 1 is 1.48 bits per heavy atom. The fourth-order valence-electron chi connectivity index (χ4n) is 2.36. The summed E-state index contributed by atoms with van der Waals surface area (Å²) in [6, 6.07) is 4.73. The minimum absolute atomic E-state index is 0.0331. The van der Waals surface area contributed by atoms with Crippen LogP contribution in [0.1, 0.15) is 30.7 Å². The van der Waals surface area contributed by atoms with E-state index in [9.17, 15) is 10.1 Å². The number of fused-ring (bicyclic) bond motifs is 1. The van der Waals surface area contributed by atoms with Crippen molar-refractivity contribution in [2.24, 2.45) is 0 Å². The number of nitrogens with zero attached hydrogens (tertiary/aromatic N) is 4. The fourth-order valence-corrected chi connectivity index (χ4v) is 3.17. The molecule has 8 heteroatoms. The summed E-state index contributed by atoms with van der Waals surface area (Å²) in [5.41, 5.74) is 1.66. The van der Waals surface area contributed by atoms with E-state index in [1.807, 2.05) is 19.2 Å². The van der Waals surface area contributed by atoms with Gasteiger partial charge in [0.15, 0.2) is 0 Å². The van der Waals surface area contributed by atoms with E-state index in [0.717, 1.165) is 21.6 Å². The number of non-ortho nitro benzene ring substituents is 1. The molecule has 7 nitrogen and oxygen atoms in total. The fraction of sp³-hybridized carbons (Fsp3) is 0.333. The van der Waals surface area contributed by atoms with Crippen LogP contribution in [0.15, 0.2) is 29.8 Å². The van der Waals surface area contributed by atoms with Gasteiger partial charge in [-0.15, -0.1) is 11.3 Å². The molecule has 0 amide bonds. The minimum Gasteiger partial charge on any atom is -0.372 e. The molecule has 0 spiro atoms. The van der Waals surface area contributed by atoms with Crippen molar-refractivity contribution in [1.29, 1.82) is 0 Å². The Hall–Kier alpha value is -2.32. The van der Waals surface area contributed by atoms with Crippen molar-refractivity contribution in [3.63, 3.8) is 0 Å². The Morgan fingerprint density at radius 2 is 2.30 bits per heavy atom. The predicted octanol–water partition coefficient (Wildman–Crippen LogP) is 3.55. The third kappa shape index (κ3) is 3.22. The number of rotatable bonds is 6. The second-order valence-electron chi connectivity index (χ2n) is 5.08. The van der Waals surface area contributed by atoms with Gasteiger partial charge in [-0.05, 0) is 19.9 Å². The molecule has 0 radical (unpaired) electrons. The second-order valence-corrected chi connectivity index (χ2v) is 5.97. The van der Waals surface area contributed by atoms with E-state index in [1.54, 1.807) is 34.3 Å². The van der Waals surface area contributed by atoms with Crippen molar-refractivity contribution in [2.75, 3.05) is 6.61 Å². The first-order valence-electron chi connectivity index (χ1n) is 7.24. The van der Waals surface area contributed by atoms with Crippen LogP contribution in [-0.2, 0) is 11.3 Å². The number of hydrogen-bond donors (Lipinski definition) is 0. The van der Waals surface area contributed by atoms with E-state index < -0.39 is 4.92 Å². The molecule has 0 aliphatic rings. The topological polar surface area (TPSA) is 83.1 Å². The van der Waals surface area contributed by atoms with Crippen LogP contribution in [0.4, 0.5) is 5.69 Å². The summed E-state index contributed by atoms with van der Waals surface area (Å²) in [7, 11) is 0. The highest BCUT2D eigenvalue weighted by Crippen LogP contribution is 2.24. The molecule has 0 bridgehead atoms. The van der Waals surface area contributed by atoms with E-state index in [1.165, 1.54) is 6.07 Å². The van der Waals surface area contributed by atoms with Crippen molar-refractivity contribution in [3.8, 4) is 0 Å². The standard InChI is InChI=1S/C15H16N4O3S/c1-3-22-10(2)15-17-12(9-23-15)8-18-14-6-13(19(20)21)5-4-11(14)7-16-18/h4-7,9-10H,3,8H2,1-2H3/t10-/m0/s1. The molecule has 0 N–H and O–H groups in total. The maximum absolute atomic E-state index is 10.9. The average molecular weight is 332 g/mol. The summed E-state index contributed by atoms with van der Waals surface area (Å²) in [5.74, 6) is 0. The van der Waals surface area contributed by atoms with E-state index >= 15 is 0 Å². The second kappa shape index (κ2) is 6.43. The zero-order valence-electron chi connectivity index (χ0n) is 12.8. The van der Waals surface area contributed by atoms with E-state index in [2.05, 4.69) is 10.1 Å². The molecule has 0 unspecified atom stereocenters. The Bertz CT molecular complexity index is 842. The van der Waals surface area contributed by atoms with Crippen LogP contribution < -0.4 is 0 Å². The van der Waals surface area contributed by atoms with Crippen molar-refractivity contribution in [3.05, 3.63) is 50.6 Å². The van der Waals surface area contributed by atoms with Crippen LogP contribution in [0.3, 0.4) is 0 Å². The number of nitro benzene ring substituents is 1. The van der Waals surface area contributed by atoms with Crippen LogP contribution in [0, 0.1) is 10.1 Å². The summed E-state index contributed by atoms with van der Waals surface area (Å²) in [6.45, 7) is 5.04. The zero-order valence-corrected chi connectivity index (χ0v) is 13.6. The van der Waals surface area contributed by atoms with Gasteiger partial charge in [0, 0.05) is 29.5 Å². The largest absolute Gasteiger partial charge is 0.372 e. The molecule has 0 fully saturated rings. The molecule has 2 heterocycles. The smallest absolute Gasteiger partial charge is 0.271 e. The zero-order chi connectivity index (χ0) is 16.4. The van der Waals surface area contributed by atoms with Crippen molar-refractivity contribution >= 4 is 27.9 Å². The molecule has 120 valence electrons. The number of hydrogen-bond acceptors (Lipinski definition) is 6. The van der Waals surface area contributed by atoms with Gasteiger partial charge < -0.3 is 4.74 Å². The molecular formula is C15H16N4O3S. The Labute approximate surface area is 136 Å². The highest BCUT2D eigenvalue weighted by atomic mass is 32.1. The van der Waals surface area contributed by atoms with Gasteiger partial charge in [0.25, 0.3) is 5.69 Å². The molecule has 1 aromatic carbocycles. The number of ether oxygens (including phenoxy) is 1. The lowest BCUT2D eigenvalue weighted by Crippen LogP contribution is -2.03. The molecule has 0 aliphatic heterocycles. The van der Waals surface area contributed by atoms with Crippen molar-refractivity contribution < 1.29 is 9.66 Å². The van der Waals surface area contributed by atoms with Gasteiger partial charge in [0.2, 0.25) is 0 Å². The van der Waals surface area contributed by atoms with Gasteiger partial charge in [0.1, 0.15) is 11.1 Å². The third-order valence-electron chi connectivity index (χ3n) is 3.48. The predicted molar refractivity (Wildman–Crippen MR) is 87.6 cm³/mol. The molecule has 0 saturated carbocycles. The maximum atomic E-state index is 10.9. The number of nitro groups is 1. The Balaban J connectivity index is 1.86. The summed E-state index contributed by atoms with van der Waals surface area (Å²) in [6.07, 6.45) is 1.67. The molecular weight excluding hydrogens is 316 g/mol. The van der Waals surface area contributed by atoms with E-state index in [-0.39, 0.29) is 11.8 Å². The summed E-state index contributed by atoms with van der Waals surface area (Å²) >= 11 is 1.55. The minimum atomic E-state index is -0.401. The molecule has 0 aliphatic carbocycles. The SMILES string of the molecule is CCO[C@@H](C)c1nc(Cn2ncc3ccc([N+](=O)[O-])cc32)cs1. The Morgan fingerprint density at radius 3 is 3.04 bits per heavy atom. The quantitative estimate of drug-likeness (QED) is 0.509. The van der Waals surface area contributed by atoms with Crippen molar-refractivity contribution in [1.82, 2.24) is 14.8 Å². The van der Waals surface area contributed by atoms with Gasteiger partial charge in [-0.1, -0.05) is 0 Å². The molecule has 3 aromatic rings. The lowest BCUT2D eigenvalue weighted by molar-refractivity contribution is -0.384. The highest BCUT2D eigenvalue weighted by molar-refractivity contribution is 7.09.